The largest absolute Gasteiger partial charge is 0.192 e. The highest BCUT2D eigenvalue weighted by molar-refractivity contribution is 7.03. The van der Waals surface area contributed by atoms with Gasteiger partial charge in [-0.25, -0.2) is 0 Å². The summed E-state index contributed by atoms with van der Waals surface area (Å²) < 4.78 is 4.13. The molecule has 0 bridgehead atoms. The summed E-state index contributed by atoms with van der Waals surface area (Å²) in [6, 6.07) is 8.97. The molecule has 0 atom stereocenters. The highest BCUT2D eigenvalue weighted by Gasteiger charge is 1.98. The summed E-state index contributed by atoms with van der Waals surface area (Å²) >= 11 is 1.46. The highest BCUT2D eigenvalue weighted by Crippen LogP contribution is 2.18. The van der Waals surface area contributed by atoms with Gasteiger partial charge in [0.05, 0.1) is 5.69 Å². The van der Waals surface area contributed by atoms with Crippen LogP contribution in [0.4, 0.5) is 0 Å². The van der Waals surface area contributed by atoms with E-state index in [1.165, 1.54) is 17.1 Å². The molecule has 0 N–H and O–H groups in total. The molecule has 0 aromatic carbocycles. The molecule has 0 amide bonds. The summed E-state index contributed by atoms with van der Waals surface area (Å²) in [4.78, 5) is 0. The number of fused-ring (bicyclic) bond motifs is 1. The lowest BCUT2D eigenvalue weighted by Crippen LogP contribution is -1.71. The minimum absolute atomic E-state index is 0.975. The van der Waals surface area contributed by atoms with Gasteiger partial charge in [-0.15, -0.1) is 0 Å². The van der Waals surface area contributed by atoms with Crippen LogP contribution >= 0.6 is 11.5 Å². The zero-order chi connectivity index (χ0) is 6.10. The first-order valence-corrected chi connectivity index (χ1v) is 3.51. The van der Waals surface area contributed by atoms with Gasteiger partial charge in [0.1, 0.15) is 0 Å². The minimum atomic E-state index is 0.975. The Morgan fingerprint density at radius 2 is 2.44 bits per heavy atom. The van der Waals surface area contributed by atoms with Gasteiger partial charge >= 0.3 is 0 Å². The molecule has 0 saturated heterocycles. The summed E-state index contributed by atoms with van der Waals surface area (Å²) in [5.74, 6) is 0. The van der Waals surface area contributed by atoms with Crippen LogP contribution in [0.3, 0.4) is 0 Å². The van der Waals surface area contributed by atoms with Gasteiger partial charge < -0.3 is 0 Å². The fourth-order valence-corrected chi connectivity index (χ4v) is 1.30. The summed E-state index contributed by atoms with van der Waals surface area (Å²) in [7, 11) is 0. The third-order valence-electron chi connectivity index (χ3n) is 1.21. The van der Waals surface area contributed by atoms with Crippen LogP contribution in [-0.4, -0.2) is 4.37 Å². The monoisotopic (exact) mass is 134 g/mol. The van der Waals surface area contributed by atoms with E-state index in [2.05, 4.69) is 10.4 Å². The van der Waals surface area contributed by atoms with Gasteiger partial charge in [0.2, 0.25) is 0 Å². The smallest absolute Gasteiger partial charge is 0.0911 e. The summed E-state index contributed by atoms with van der Waals surface area (Å²) in [5.41, 5.74) is 2.15. The molecule has 0 spiro atoms. The van der Waals surface area contributed by atoms with E-state index in [-0.39, 0.29) is 0 Å². The molecule has 1 heterocycles. The second-order valence-corrected chi connectivity index (χ2v) is 2.45. The van der Waals surface area contributed by atoms with E-state index in [0.717, 1.165) is 5.69 Å². The summed E-state index contributed by atoms with van der Waals surface area (Å²) in [5, 5.41) is 1.97. The predicted molar refractivity (Wildman–Crippen MR) is 37.6 cm³/mol. The third-order valence-corrected chi connectivity index (χ3v) is 1.75. The van der Waals surface area contributed by atoms with Crippen LogP contribution in [0.5, 0.6) is 0 Å². The Kier molecular flexibility index (Phi) is 0.993. The third kappa shape index (κ3) is 0.715. The van der Waals surface area contributed by atoms with E-state index in [1.54, 1.807) is 0 Å². The molecule has 2 rings (SSSR count). The Morgan fingerprint density at radius 1 is 1.44 bits per heavy atom. The van der Waals surface area contributed by atoms with Gasteiger partial charge in [-0.1, -0.05) is 12.1 Å². The maximum atomic E-state index is 4.13. The number of hydrogen-bond acceptors (Lipinski definition) is 2. The van der Waals surface area contributed by atoms with Gasteiger partial charge in [0.25, 0.3) is 0 Å². The fraction of sp³-hybridized carbons (Fsp3) is 0. The van der Waals surface area contributed by atoms with Crippen molar-refractivity contribution < 1.29 is 0 Å². The molecule has 9 heavy (non-hydrogen) atoms. The van der Waals surface area contributed by atoms with Crippen molar-refractivity contribution in [3.05, 3.63) is 29.6 Å². The Morgan fingerprint density at radius 3 is 3.33 bits per heavy atom. The molecular formula is C7H4NS. The van der Waals surface area contributed by atoms with E-state index in [0.29, 0.717) is 0 Å². The molecule has 43 valence electrons. The van der Waals surface area contributed by atoms with Crippen LogP contribution in [0.15, 0.2) is 23.6 Å². The number of nitrogens with zero attached hydrogens (tertiary/aromatic N) is 1. The van der Waals surface area contributed by atoms with E-state index in [1.807, 2.05) is 23.6 Å². The van der Waals surface area contributed by atoms with E-state index >= 15 is 0 Å². The average molecular weight is 134 g/mol. The minimum Gasteiger partial charge on any atom is -0.192 e. The first kappa shape index (κ1) is 4.94. The molecule has 0 saturated carbocycles. The predicted octanol–water partition coefficient (Wildman–Crippen LogP) is 2.05. The standard InChI is InChI=1S/C7H4NS/c1-2-6-4-5-9-8-7(6)3-1/h1-2,4-5H. The molecule has 0 unspecified atom stereocenters. The first-order chi connectivity index (χ1) is 4.47. The van der Waals surface area contributed by atoms with Crippen LogP contribution in [0, 0.1) is 6.07 Å². The molecule has 0 fully saturated rings. The molecule has 1 nitrogen and oxygen atoms in total. The Balaban J connectivity index is 2.79. The van der Waals surface area contributed by atoms with Crippen molar-refractivity contribution in [3.63, 3.8) is 0 Å². The van der Waals surface area contributed by atoms with Crippen molar-refractivity contribution in [3.8, 4) is 11.3 Å². The van der Waals surface area contributed by atoms with E-state index in [4.69, 9.17) is 0 Å². The Labute approximate surface area is 57.5 Å². The van der Waals surface area contributed by atoms with E-state index in [9.17, 15) is 0 Å². The van der Waals surface area contributed by atoms with Crippen molar-refractivity contribution in [2.45, 2.75) is 0 Å². The summed E-state index contributed by atoms with van der Waals surface area (Å²) in [6.45, 7) is 0. The SMILES string of the molecule is [c]1ccc2ccsnc1-2. The normalized spacial score (nSPS) is 10.2. The molecule has 1 radical (unpaired) electrons. The lowest BCUT2D eigenvalue weighted by molar-refractivity contribution is 1.53. The Bertz CT molecular complexity index is 249. The van der Waals surface area contributed by atoms with Gasteiger partial charge in [-0.3, -0.25) is 0 Å². The fourth-order valence-electron chi connectivity index (χ4n) is 0.773. The van der Waals surface area contributed by atoms with Crippen LogP contribution in [0.1, 0.15) is 0 Å². The van der Waals surface area contributed by atoms with Crippen molar-refractivity contribution in [1.29, 1.82) is 0 Å². The maximum absolute atomic E-state index is 4.13. The molecule has 1 aliphatic carbocycles. The van der Waals surface area contributed by atoms with Crippen LogP contribution in [0.25, 0.3) is 11.3 Å². The maximum Gasteiger partial charge on any atom is 0.0911 e. The van der Waals surface area contributed by atoms with Crippen molar-refractivity contribution in [1.82, 2.24) is 4.37 Å². The molecule has 0 aromatic rings. The van der Waals surface area contributed by atoms with Crippen molar-refractivity contribution in [2.75, 3.05) is 0 Å². The van der Waals surface area contributed by atoms with Gasteiger partial charge in [-0.05, 0) is 17.6 Å². The number of aromatic nitrogens is 1. The molecule has 0 aromatic heterocycles. The highest BCUT2D eigenvalue weighted by atomic mass is 32.1. The topological polar surface area (TPSA) is 12.9 Å². The van der Waals surface area contributed by atoms with Gasteiger partial charge in [0, 0.05) is 17.0 Å². The molecule has 1 aliphatic heterocycles. The lowest BCUT2D eigenvalue weighted by atomic mass is 10.3. The van der Waals surface area contributed by atoms with Crippen LogP contribution in [0.2, 0.25) is 0 Å². The first-order valence-electron chi connectivity index (χ1n) is 2.67. The van der Waals surface area contributed by atoms with Gasteiger partial charge in [0.15, 0.2) is 0 Å². The van der Waals surface area contributed by atoms with Crippen molar-refractivity contribution in [2.24, 2.45) is 0 Å². The Hall–Kier alpha value is -0.890. The molecule has 2 heteroatoms. The second kappa shape index (κ2) is 1.81. The van der Waals surface area contributed by atoms with Crippen molar-refractivity contribution >= 4 is 11.5 Å². The molecule has 2 aliphatic rings. The lowest BCUT2D eigenvalue weighted by Gasteiger charge is -1.89. The van der Waals surface area contributed by atoms with Crippen LogP contribution < -0.4 is 0 Å². The zero-order valence-electron chi connectivity index (χ0n) is 4.66. The van der Waals surface area contributed by atoms with Crippen LogP contribution in [-0.2, 0) is 0 Å². The van der Waals surface area contributed by atoms with E-state index < -0.39 is 0 Å². The number of hydrogen-bond donors (Lipinski definition) is 0. The summed E-state index contributed by atoms with van der Waals surface area (Å²) in [6.07, 6.45) is 0. The quantitative estimate of drug-likeness (QED) is 0.537. The second-order valence-electron chi connectivity index (χ2n) is 1.78. The average Bonchev–Trinajstić information content (AvgIpc) is 2.33. The van der Waals surface area contributed by atoms with Gasteiger partial charge in [-0.2, -0.15) is 4.37 Å². The number of rotatable bonds is 0. The zero-order valence-corrected chi connectivity index (χ0v) is 5.48. The molecular weight excluding hydrogens is 130 g/mol.